The quantitative estimate of drug-likeness (QED) is 0.624. The molecule has 7 heteroatoms. The first-order valence-corrected chi connectivity index (χ1v) is 10.9. The molecule has 0 aromatic heterocycles. The first kappa shape index (κ1) is 22.0. The predicted octanol–water partition coefficient (Wildman–Crippen LogP) is 4.16. The highest BCUT2D eigenvalue weighted by molar-refractivity contribution is 5.96. The SMILES string of the molecule is CN(C)CC#Cc1cc(C2CCCC2)c(O)cc1NC(=O)C1CNc2cc(F)ccc2O1.[HH]. The van der Waals surface area contributed by atoms with E-state index in [0.717, 1.165) is 31.2 Å². The average molecular weight is 440 g/mol. The van der Waals surface area contributed by atoms with Gasteiger partial charge in [0.1, 0.15) is 17.3 Å². The number of halogens is 1. The third-order valence-electron chi connectivity index (χ3n) is 5.82. The number of carbonyl (C=O) groups is 1. The van der Waals surface area contributed by atoms with Crippen LogP contribution in [0.15, 0.2) is 30.3 Å². The van der Waals surface area contributed by atoms with Gasteiger partial charge in [-0.15, -0.1) is 0 Å². The summed E-state index contributed by atoms with van der Waals surface area (Å²) in [5.74, 6) is 6.44. The van der Waals surface area contributed by atoms with Crippen LogP contribution in [0.4, 0.5) is 15.8 Å². The maximum absolute atomic E-state index is 13.4. The van der Waals surface area contributed by atoms with Crippen LogP contribution < -0.4 is 15.4 Å². The zero-order chi connectivity index (χ0) is 22.7. The molecule has 32 heavy (non-hydrogen) atoms. The maximum Gasteiger partial charge on any atom is 0.267 e. The van der Waals surface area contributed by atoms with Crippen molar-refractivity contribution in [3.8, 4) is 23.3 Å². The van der Waals surface area contributed by atoms with Crippen molar-refractivity contribution in [2.75, 3.05) is 37.8 Å². The Balaban J connectivity index is 0.00000306. The van der Waals surface area contributed by atoms with Crippen LogP contribution in [0.3, 0.4) is 0 Å². The highest BCUT2D eigenvalue weighted by Gasteiger charge is 2.28. The van der Waals surface area contributed by atoms with Crippen molar-refractivity contribution in [3.05, 3.63) is 47.3 Å². The largest absolute Gasteiger partial charge is 0.508 e. The number of hydrogen-bond acceptors (Lipinski definition) is 5. The van der Waals surface area contributed by atoms with E-state index in [2.05, 4.69) is 22.5 Å². The Bertz CT molecular complexity index is 1070. The predicted molar refractivity (Wildman–Crippen MR) is 125 cm³/mol. The number of nitrogens with one attached hydrogen (secondary N) is 2. The van der Waals surface area contributed by atoms with E-state index in [1.165, 1.54) is 18.2 Å². The molecule has 1 saturated carbocycles. The first-order valence-electron chi connectivity index (χ1n) is 10.9. The summed E-state index contributed by atoms with van der Waals surface area (Å²) in [5.41, 5.74) is 2.53. The number of nitrogens with zero attached hydrogens (tertiary/aromatic N) is 1. The van der Waals surface area contributed by atoms with E-state index in [1.54, 1.807) is 6.07 Å². The average Bonchev–Trinajstić information content (AvgIpc) is 3.29. The molecule has 0 radical (unpaired) electrons. The molecular formula is C25H30FN3O3. The number of aromatic hydroxyl groups is 1. The summed E-state index contributed by atoms with van der Waals surface area (Å²) in [6.45, 7) is 0.784. The van der Waals surface area contributed by atoms with Gasteiger partial charge < -0.3 is 20.5 Å². The minimum absolute atomic E-state index is 0. The van der Waals surface area contributed by atoms with Gasteiger partial charge in [-0.3, -0.25) is 9.69 Å². The fraction of sp³-hybridized carbons (Fsp3) is 0.400. The lowest BCUT2D eigenvalue weighted by molar-refractivity contribution is -0.122. The monoisotopic (exact) mass is 439 g/mol. The van der Waals surface area contributed by atoms with E-state index < -0.39 is 6.10 Å². The number of phenolic OH excluding ortho intramolecular Hbond substituents is 1. The minimum Gasteiger partial charge on any atom is -0.508 e. The number of phenols is 1. The van der Waals surface area contributed by atoms with Crippen molar-refractivity contribution < 1.29 is 20.5 Å². The lowest BCUT2D eigenvalue weighted by atomic mass is 9.94. The molecule has 1 atom stereocenters. The molecule has 1 amide bonds. The highest BCUT2D eigenvalue weighted by atomic mass is 19.1. The summed E-state index contributed by atoms with van der Waals surface area (Å²) < 4.78 is 19.2. The lowest BCUT2D eigenvalue weighted by Crippen LogP contribution is -2.41. The summed E-state index contributed by atoms with van der Waals surface area (Å²) in [6.07, 6.45) is 3.60. The number of fused-ring (bicyclic) bond motifs is 1. The molecule has 1 unspecified atom stereocenters. The molecule has 4 rings (SSSR count). The Hall–Kier alpha value is -3.24. The second-order valence-corrected chi connectivity index (χ2v) is 8.59. The van der Waals surface area contributed by atoms with Crippen molar-refractivity contribution in [3.63, 3.8) is 0 Å². The molecule has 0 spiro atoms. The van der Waals surface area contributed by atoms with Gasteiger partial charge in [0.25, 0.3) is 5.91 Å². The van der Waals surface area contributed by atoms with Crippen LogP contribution in [0, 0.1) is 17.7 Å². The Morgan fingerprint density at radius 2 is 2.09 bits per heavy atom. The van der Waals surface area contributed by atoms with Crippen LogP contribution in [-0.4, -0.2) is 49.2 Å². The van der Waals surface area contributed by atoms with Crippen molar-refractivity contribution in [2.45, 2.75) is 37.7 Å². The van der Waals surface area contributed by atoms with Gasteiger partial charge in [0.15, 0.2) is 6.10 Å². The minimum atomic E-state index is -0.799. The van der Waals surface area contributed by atoms with Crippen molar-refractivity contribution in [1.29, 1.82) is 0 Å². The fourth-order valence-corrected chi connectivity index (χ4v) is 4.17. The third-order valence-corrected chi connectivity index (χ3v) is 5.82. The number of carbonyl (C=O) groups excluding carboxylic acids is 1. The molecule has 1 aliphatic carbocycles. The number of rotatable bonds is 4. The molecule has 2 aromatic rings. The molecule has 0 saturated heterocycles. The van der Waals surface area contributed by atoms with Gasteiger partial charge in [-0.25, -0.2) is 4.39 Å². The lowest BCUT2D eigenvalue weighted by Gasteiger charge is -2.26. The van der Waals surface area contributed by atoms with E-state index in [4.69, 9.17) is 4.74 Å². The maximum atomic E-state index is 13.4. The molecule has 1 aliphatic heterocycles. The number of ether oxygens (including phenoxy) is 1. The first-order chi connectivity index (χ1) is 15.4. The van der Waals surface area contributed by atoms with Gasteiger partial charge in [-0.1, -0.05) is 24.7 Å². The summed E-state index contributed by atoms with van der Waals surface area (Å²) in [6, 6.07) is 7.62. The van der Waals surface area contributed by atoms with E-state index in [1.807, 2.05) is 25.1 Å². The number of amides is 1. The number of hydrogen-bond donors (Lipinski definition) is 3. The van der Waals surface area contributed by atoms with E-state index in [9.17, 15) is 14.3 Å². The van der Waals surface area contributed by atoms with Crippen LogP contribution in [0.2, 0.25) is 0 Å². The molecule has 3 N–H and O–H groups in total. The number of anilines is 2. The third kappa shape index (κ3) is 4.97. The van der Waals surface area contributed by atoms with E-state index in [-0.39, 0.29) is 25.4 Å². The van der Waals surface area contributed by atoms with Crippen LogP contribution in [0.25, 0.3) is 0 Å². The molecule has 170 valence electrons. The van der Waals surface area contributed by atoms with Crippen LogP contribution in [-0.2, 0) is 4.79 Å². The Morgan fingerprint density at radius 1 is 1.31 bits per heavy atom. The van der Waals surface area contributed by atoms with E-state index in [0.29, 0.717) is 35.2 Å². The smallest absolute Gasteiger partial charge is 0.267 e. The summed E-state index contributed by atoms with van der Waals surface area (Å²) in [5, 5.41) is 16.6. The zero-order valence-corrected chi connectivity index (χ0v) is 18.4. The molecular weight excluding hydrogens is 409 g/mol. The topological polar surface area (TPSA) is 73.8 Å². The summed E-state index contributed by atoms with van der Waals surface area (Å²) >= 11 is 0. The van der Waals surface area contributed by atoms with Crippen LogP contribution in [0.5, 0.6) is 11.5 Å². The molecule has 2 aromatic carbocycles. The molecule has 1 heterocycles. The van der Waals surface area contributed by atoms with Gasteiger partial charge in [0, 0.05) is 19.1 Å². The number of benzene rings is 2. The molecule has 6 nitrogen and oxygen atoms in total. The summed E-state index contributed by atoms with van der Waals surface area (Å²) in [4.78, 5) is 14.9. The van der Waals surface area contributed by atoms with Gasteiger partial charge in [0.2, 0.25) is 0 Å². The molecule has 1 fully saturated rings. The van der Waals surface area contributed by atoms with Gasteiger partial charge in [-0.2, -0.15) is 0 Å². The van der Waals surface area contributed by atoms with Crippen LogP contribution >= 0.6 is 0 Å². The second-order valence-electron chi connectivity index (χ2n) is 8.59. The van der Waals surface area contributed by atoms with Crippen molar-refractivity contribution >= 4 is 17.3 Å². The highest BCUT2D eigenvalue weighted by Crippen LogP contribution is 2.40. The Labute approximate surface area is 189 Å². The molecule has 0 bridgehead atoms. The Morgan fingerprint density at radius 3 is 2.84 bits per heavy atom. The standard InChI is InChI=1S/C25H28FN3O3.H2/c1-29(2)11-5-8-17-12-19(16-6-3-4-7-16)22(30)14-20(17)28-25(31)24-15-27-21-13-18(26)9-10-23(21)32-24;/h9-10,12-14,16,24,27,30H,3-4,6-7,11,15H2,1-2H3,(H,28,31);1H. The van der Waals surface area contributed by atoms with Gasteiger partial charge in [0.05, 0.1) is 24.5 Å². The van der Waals surface area contributed by atoms with Gasteiger partial charge >= 0.3 is 0 Å². The van der Waals surface area contributed by atoms with Crippen molar-refractivity contribution in [1.82, 2.24) is 4.90 Å². The normalized spacial score (nSPS) is 17.7. The van der Waals surface area contributed by atoms with Gasteiger partial charge in [-0.05, 0) is 56.6 Å². The fourth-order valence-electron chi connectivity index (χ4n) is 4.17. The van der Waals surface area contributed by atoms with Crippen molar-refractivity contribution in [2.24, 2.45) is 0 Å². The zero-order valence-electron chi connectivity index (χ0n) is 18.4. The van der Waals surface area contributed by atoms with E-state index >= 15 is 0 Å². The summed E-state index contributed by atoms with van der Waals surface area (Å²) in [7, 11) is 3.88. The Kier molecular flexibility index (Phi) is 6.52. The second kappa shape index (κ2) is 9.49. The van der Waals surface area contributed by atoms with Crippen LogP contribution in [0.1, 0.15) is 44.2 Å². The molecule has 2 aliphatic rings.